The number of nitrogens with one attached hydrogen (secondary N) is 3. The van der Waals surface area contributed by atoms with Gasteiger partial charge in [0.2, 0.25) is 0 Å². The number of thioether (sulfide) groups is 1. The maximum Gasteiger partial charge on any atom is 0.338 e. The summed E-state index contributed by atoms with van der Waals surface area (Å²) >= 11 is 1.39. The molecular weight excluding hydrogens is 440 g/mol. The Labute approximate surface area is 196 Å². The molecular formula is C24H26N4O4S. The van der Waals surface area contributed by atoms with E-state index >= 15 is 0 Å². The van der Waals surface area contributed by atoms with Crippen LogP contribution in [0.5, 0.6) is 5.75 Å². The summed E-state index contributed by atoms with van der Waals surface area (Å²) in [5, 5.41) is 6.34. The number of nitrogens with zero attached hydrogens (tertiary/aromatic N) is 1. The second kappa shape index (κ2) is 9.58. The number of ether oxygens (including phenoxy) is 2. The molecule has 1 aliphatic heterocycles. The van der Waals surface area contributed by atoms with E-state index in [9.17, 15) is 9.59 Å². The van der Waals surface area contributed by atoms with Gasteiger partial charge in [-0.1, -0.05) is 35.5 Å². The molecule has 0 unspecified atom stereocenters. The maximum atomic E-state index is 12.8. The third-order valence-electron chi connectivity index (χ3n) is 5.40. The van der Waals surface area contributed by atoms with Gasteiger partial charge in [-0.25, -0.2) is 14.6 Å². The van der Waals surface area contributed by atoms with Crippen molar-refractivity contribution in [3.63, 3.8) is 0 Å². The quantitative estimate of drug-likeness (QED) is 0.357. The van der Waals surface area contributed by atoms with Crippen LogP contribution in [0.2, 0.25) is 0 Å². The van der Waals surface area contributed by atoms with Gasteiger partial charge in [-0.2, -0.15) is 0 Å². The topological polar surface area (TPSA) is 105 Å². The molecule has 0 fully saturated rings. The molecule has 0 saturated heterocycles. The molecule has 2 heterocycles. The number of H-pyrrole nitrogens is 1. The van der Waals surface area contributed by atoms with E-state index in [0.29, 0.717) is 28.8 Å². The number of carbonyl (C=O) groups excluding carboxylic acids is 2. The smallest absolute Gasteiger partial charge is 0.338 e. The van der Waals surface area contributed by atoms with Gasteiger partial charge in [0.15, 0.2) is 5.16 Å². The van der Waals surface area contributed by atoms with Gasteiger partial charge in [-0.05, 0) is 44.0 Å². The number of urea groups is 1. The average Bonchev–Trinajstić information content (AvgIpc) is 3.21. The predicted octanol–water partition coefficient (Wildman–Crippen LogP) is 4.15. The van der Waals surface area contributed by atoms with Crippen LogP contribution in [0.3, 0.4) is 0 Å². The Hall–Kier alpha value is -3.46. The third kappa shape index (κ3) is 4.83. The predicted molar refractivity (Wildman–Crippen MR) is 127 cm³/mol. The van der Waals surface area contributed by atoms with Crippen molar-refractivity contribution in [3.05, 3.63) is 64.4 Å². The molecule has 2 amide bonds. The third-order valence-corrected chi connectivity index (χ3v) is 6.30. The lowest BCUT2D eigenvalue weighted by Gasteiger charge is -2.30. The first-order valence-electron chi connectivity index (χ1n) is 10.6. The van der Waals surface area contributed by atoms with Gasteiger partial charge in [-0.15, -0.1) is 0 Å². The van der Waals surface area contributed by atoms with Gasteiger partial charge in [0.25, 0.3) is 0 Å². The van der Waals surface area contributed by atoms with Crippen LogP contribution in [0, 0.1) is 13.8 Å². The Morgan fingerprint density at radius 3 is 2.76 bits per heavy atom. The van der Waals surface area contributed by atoms with E-state index in [1.165, 1.54) is 18.9 Å². The SMILES string of the molecule is CCOc1ccc2nc(SCC3=C(C(=O)OC)[C@H](c4cc(C)ccc4C)NC(=O)N3)[nH]c2c1. The summed E-state index contributed by atoms with van der Waals surface area (Å²) in [7, 11) is 1.34. The van der Waals surface area contributed by atoms with E-state index in [-0.39, 0.29) is 6.03 Å². The van der Waals surface area contributed by atoms with Crippen molar-refractivity contribution in [2.75, 3.05) is 19.5 Å². The lowest BCUT2D eigenvalue weighted by atomic mass is 9.91. The van der Waals surface area contributed by atoms with Gasteiger partial charge in [0.1, 0.15) is 5.75 Å². The molecule has 0 aliphatic carbocycles. The summed E-state index contributed by atoms with van der Waals surface area (Å²) in [5.41, 5.74) is 5.42. The Kier molecular flexibility index (Phi) is 6.60. The normalized spacial score (nSPS) is 15.9. The molecule has 3 N–H and O–H groups in total. The zero-order chi connectivity index (χ0) is 23.5. The zero-order valence-electron chi connectivity index (χ0n) is 18.9. The van der Waals surface area contributed by atoms with Crippen LogP contribution >= 0.6 is 11.8 Å². The van der Waals surface area contributed by atoms with E-state index in [1.54, 1.807) is 0 Å². The van der Waals surface area contributed by atoms with Gasteiger partial charge in [0.05, 0.1) is 36.4 Å². The van der Waals surface area contributed by atoms with Gasteiger partial charge in [0, 0.05) is 17.5 Å². The van der Waals surface area contributed by atoms with E-state index < -0.39 is 12.0 Å². The largest absolute Gasteiger partial charge is 0.494 e. The number of fused-ring (bicyclic) bond motifs is 1. The number of methoxy groups -OCH3 is 1. The van der Waals surface area contributed by atoms with E-state index in [0.717, 1.165) is 33.5 Å². The zero-order valence-corrected chi connectivity index (χ0v) is 19.8. The van der Waals surface area contributed by atoms with Crippen LogP contribution in [0.15, 0.2) is 52.8 Å². The van der Waals surface area contributed by atoms with Crippen LogP contribution in [-0.4, -0.2) is 41.4 Å². The maximum absolute atomic E-state index is 12.8. The number of amides is 2. The molecule has 0 bridgehead atoms. The summed E-state index contributed by atoms with van der Waals surface area (Å²) in [6.07, 6.45) is 0. The van der Waals surface area contributed by atoms with Crippen molar-refractivity contribution < 1.29 is 19.1 Å². The first-order valence-corrected chi connectivity index (χ1v) is 11.6. The van der Waals surface area contributed by atoms with Crippen molar-refractivity contribution in [3.8, 4) is 5.75 Å². The molecule has 1 aliphatic rings. The van der Waals surface area contributed by atoms with Gasteiger partial charge in [-0.3, -0.25) is 0 Å². The number of aromatic amines is 1. The highest BCUT2D eigenvalue weighted by molar-refractivity contribution is 7.99. The molecule has 0 saturated carbocycles. The highest BCUT2D eigenvalue weighted by Gasteiger charge is 2.34. The number of aromatic nitrogens is 2. The first-order chi connectivity index (χ1) is 15.9. The lowest BCUT2D eigenvalue weighted by molar-refractivity contribution is -0.136. The minimum Gasteiger partial charge on any atom is -0.494 e. The monoisotopic (exact) mass is 466 g/mol. The molecule has 0 radical (unpaired) electrons. The standard InChI is InChI=1S/C24H26N4O4S/c1-5-32-15-8-9-17-18(11-15)27-24(26-17)33-12-19-20(22(29)31-4)21(28-23(30)25-19)16-10-13(2)6-7-14(16)3/h6-11,21H,5,12H2,1-4H3,(H,26,27)(H2,25,28,30)/t21-/m0/s1. The van der Waals surface area contributed by atoms with Crippen molar-refractivity contribution >= 4 is 34.8 Å². The van der Waals surface area contributed by atoms with E-state index in [1.807, 2.05) is 57.2 Å². The summed E-state index contributed by atoms with van der Waals surface area (Å²) in [5.74, 6) is 0.606. The molecule has 1 aromatic heterocycles. The van der Waals surface area contributed by atoms with Crippen LogP contribution in [0.4, 0.5) is 4.79 Å². The fourth-order valence-electron chi connectivity index (χ4n) is 3.82. The number of hydrogen-bond acceptors (Lipinski definition) is 6. The van der Waals surface area contributed by atoms with Crippen LogP contribution in [0.1, 0.15) is 29.7 Å². The number of benzene rings is 2. The summed E-state index contributed by atoms with van der Waals surface area (Å²) in [6, 6.07) is 10.7. The number of hydrogen-bond donors (Lipinski definition) is 3. The van der Waals surface area contributed by atoms with Crippen LogP contribution < -0.4 is 15.4 Å². The summed E-state index contributed by atoms with van der Waals surface area (Å²) in [6.45, 7) is 6.45. The minimum atomic E-state index is -0.605. The van der Waals surface area contributed by atoms with Crippen molar-refractivity contribution in [1.82, 2.24) is 20.6 Å². The van der Waals surface area contributed by atoms with Crippen molar-refractivity contribution in [2.24, 2.45) is 0 Å². The Morgan fingerprint density at radius 2 is 2.00 bits per heavy atom. The molecule has 172 valence electrons. The Morgan fingerprint density at radius 1 is 1.18 bits per heavy atom. The summed E-state index contributed by atoms with van der Waals surface area (Å²) in [4.78, 5) is 33.2. The molecule has 33 heavy (non-hydrogen) atoms. The number of rotatable bonds is 7. The van der Waals surface area contributed by atoms with Crippen molar-refractivity contribution in [1.29, 1.82) is 0 Å². The highest BCUT2D eigenvalue weighted by Crippen LogP contribution is 2.32. The molecule has 4 rings (SSSR count). The molecule has 1 atom stereocenters. The molecule has 2 aromatic carbocycles. The Bertz CT molecular complexity index is 1250. The van der Waals surface area contributed by atoms with Crippen LogP contribution in [-0.2, 0) is 9.53 Å². The highest BCUT2D eigenvalue weighted by atomic mass is 32.2. The molecule has 9 heteroatoms. The fraction of sp³-hybridized carbons (Fsp3) is 0.292. The van der Waals surface area contributed by atoms with E-state index in [4.69, 9.17) is 9.47 Å². The average molecular weight is 467 g/mol. The lowest BCUT2D eigenvalue weighted by Crippen LogP contribution is -2.46. The van der Waals surface area contributed by atoms with Crippen molar-refractivity contribution in [2.45, 2.75) is 32.0 Å². The van der Waals surface area contributed by atoms with Gasteiger partial charge < -0.3 is 25.1 Å². The van der Waals surface area contributed by atoms with Crippen LogP contribution in [0.25, 0.3) is 11.0 Å². The molecule has 8 nitrogen and oxygen atoms in total. The number of aryl methyl sites for hydroxylation is 2. The second-order valence-corrected chi connectivity index (χ2v) is 8.68. The first kappa shape index (κ1) is 22.7. The Balaban J connectivity index is 1.66. The minimum absolute atomic E-state index is 0.331. The molecule has 3 aromatic rings. The number of carbonyl (C=O) groups is 2. The van der Waals surface area contributed by atoms with Gasteiger partial charge >= 0.3 is 12.0 Å². The summed E-state index contributed by atoms with van der Waals surface area (Å²) < 4.78 is 10.6. The molecule has 0 spiro atoms. The second-order valence-electron chi connectivity index (χ2n) is 7.72. The number of esters is 1. The van der Waals surface area contributed by atoms with E-state index in [2.05, 4.69) is 20.6 Å². The fourth-order valence-corrected chi connectivity index (χ4v) is 4.67. The number of imidazole rings is 1.